The van der Waals surface area contributed by atoms with Crippen LogP contribution in [0.2, 0.25) is 0 Å². The van der Waals surface area contributed by atoms with Gasteiger partial charge in [0.2, 0.25) is 10.0 Å². The van der Waals surface area contributed by atoms with E-state index in [0.717, 1.165) is 17.7 Å². The fourth-order valence-corrected chi connectivity index (χ4v) is 3.57. The normalized spacial score (nSPS) is 17.5. The number of nitrogens with zero attached hydrogens (tertiary/aromatic N) is 2. The van der Waals surface area contributed by atoms with E-state index in [0.29, 0.717) is 32.1 Å². The van der Waals surface area contributed by atoms with Crippen LogP contribution in [0.3, 0.4) is 0 Å². The average molecular weight is 354 g/mol. The molecule has 134 valence electrons. The van der Waals surface area contributed by atoms with Gasteiger partial charge in [-0.2, -0.15) is 4.31 Å². The second-order valence-corrected chi connectivity index (χ2v) is 8.16. The van der Waals surface area contributed by atoms with Gasteiger partial charge in [-0.1, -0.05) is 32.0 Å². The van der Waals surface area contributed by atoms with Crippen LogP contribution in [0.1, 0.15) is 31.7 Å². The van der Waals surface area contributed by atoms with Gasteiger partial charge in [0.15, 0.2) is 6.61 Å². The molecule has 1 saturated heterocycles. The highest BCUT2D eigenvalue weighted by molar-refractivity contribution is 7.88. The molecule has 7 heteroatoms. The Morgan fingerprint density at radius 2 is 1.83 bits per heavy atom. The highest BCUT2D eigenvalue weighted by atomic mass is 32.2. The molecule has 1 aliphatic heterocycles. The van der Waals surface area contributed by atoms with E-state index < -0.39 is 10.0 Å². The van der Waals surface area contributed by atoms with E-state index in [1.165, 1.54) is 10.6 Å². The summed E-state index contributed by atoms with van der Waals surface area (Å²) >= 11 is 0. The molecule has 0 radical (unpaired) electrons. The van der Waals surface area contributed by atoms with Gasteiger partial charge in [-0.15, -0.1) is 0 Å². The van der Waals surface area contributed by atoms with Crippen LogP contribution in [0.25, 0.3) is 0 Å². The van der Waals surface area contributed by atoms with E-state index >= 15 is 0 Å². The van der Waals surface area contributed by atoms with E-state index in [9.17, 15) is 13.2 Å². The topological polar surface area (TPSA) is 66.9 Å². The summed E-state index contributed by atoms with van der Waals surface area (Å²) in [6, 6.07) is 7.78. The molecule has 1 atom stereocenters. The highest BCUT2D eigenvalue weighted by Crippen LogP contribution is 2.28. The minimum Gasteiger partial charge on any atom is -0.483 e. The van der Waals surface area contributed by atoms with E-state index in [1.807, 2.05) is 24.3 Å². The predicted molar refractivity (Wildman–Crippen MR) is 93.6 cm³/mol. The molecular weight excluding hydrogens is 328 g/mol. The summed E-state index contributed by atoms with van der Waals surface area (Å²) < 4.78 is 30.1. The Morgan fingerprint density at radius 1 is 1.21 bits per heavy atom. The lowest BCUT2D eigenvalue weighted by Crippen LogP contribution is -2.51. The first kappa shape index (κ1) is 18.7. The Labute approximate surface area is 144 Å². The van der Waals surface area contributed by atoms with Crippen molar-refractivity contribution in [2.24, 2.45) is 0 Å². The van der Waals surface area contributed by atoms with Crippen LogP contribution in [0.4, 0.5) is 0 Å². The third kappa shape index (κ3) is 4.70. The maximum Gasteiger partial charge on any atom is 0.260 e. The van der Waals surface area contributed by atoms with Crippen LogP contribution in [0, 0.1) is 0 Å². The van der Waals surface area contributed by atoms with Gasteiger partial charge in [0.25, 0.3) is 5.91 Å². The fourth-order valence-electron chi connectivity index (χ4n) is 2.74. The molecule has 6 nitrogen and oxygen atoms in total. The summed E-state index contributed by atoms with van der Waals surface area (Å²) in [6.07, 6.45) is 2.20. The molecule has 1 heterocycles. The first-order chi connectivity index (χ1) is 11.3. The van der Waals surface area contributed by atoms with Gasteiger partial charge in [0.1, 0.15) is 5.75 Å². The summed E-state index contributed by atoms with van der Waals surface area (Å²) in [5.74, 6) is 1.01. The molecule has 1 aliphatic rings. The summed E-state index contributed by atoms with van der Waals surface area (Å²) in [6.45, 7) is 5.72. The van der Waals surface area contributed by atoms with Crippen molar-refractivity contribution in [1.29, 1.82) is 0 Å². The second-order valence-electron chi connectivity index (χ2n) is 6.18. The second kappa shape index (κ2) is 7.98. The highest BCUT2D eigenvalue weighted by Gasteiger charge is 2.26. The van der Waals surface area contributed by atoms with Crippen LogP contribution in [-0.2, 0) is 14.8 Å². The van der Waals surface area contributed by atoms with Crippen LogP contribution in [0.5, 0.6) is 5.75 Å². The first-order valence-electron chi connectivity index (χ1n) is 8.27. The monoisotopic (exact) mass is 354 g/mol. The number of hydrogen-bond acceptors (Lipinski definition) is 4. The lowest BCUT2D eigenvalue weighted by molar-refractivity contribution is -0.134. The third-order valence-electron chi connectivity index (χ3n) is 4.47. The van der Waals surface area contributed by atoms with Crippen LogP contribution in [0.15, 0.2) is 24.3 Å². The number of ether oxygens (including phenoxy) is 1. The number of piperazine rings is 1. The Hall–Kier alpha value is -1.60. The van der Waals surface area contributed by atoms with Crippen molar-refractivity contribution in [3.05, 3.63) is 29.8 Å². The number of rotatable bonds is 6. The third-order valence-corrected chi connectivity index (χ3v) is 5.78. The molecule has 0 spiro atoms. The minimum atomic E-state index is -3.18. The first-order valence-corrected chi connectivity index (χ1v) is 10.1. The van der Waals surface area contributed by atoms with Gasteiger partial charge in [0, 0.05) is 26.2 Å². The minimum absolute atomic E-state index is 0.0215. The largest absolute Gasteiger partial charge is 0.483 e. The van der Waals surface area contributed by atoms with Crippen molar-refractivity contribution in [2.45, 2.75) is 26.2 Å². The number of carbonyl (C=O) groups excluding carboxylic acids is 1. The molecule has 1 aromatic rings. The Morgan fingerprint density at radius 3 is 2.42 bits per heavy atom. The molecule has 0 aliphatic carbocycles. The lowest BCUT2D eigenvalue weighted by Gasteiger charge is -2.33. The van der Waals surface area contributed by atoms with Gasteiger partial charge in [-0.05, 0) is 24.0 Å². The molecule has 0 saturated carbocycles. The molecule has 1 fully saturated rings. The Balaban J connectivity index is 1.91. The van der Waals surface area contributed by atoms with Crippen molar-refractivity contribution >= 4 is 15.9 Å². The molecule has 0 aromatic heterocycles. The van der Waals surface area contributed by atoms with Gasteiger partial charge in [-0.3, -0.25) is 4.79 Å². The number of amides is 1. The molecule has 0 unspecified atom stereocenters. The maximum atomic E-state index is 12.3. The number of hydrogen-bond donors (Lipinski definition) is 0. The van der Waals surface area contributed by atoms with Crippen molar-refractivity contribution in [2.75, 3.05) is 39.0 Å². The van der Waals surface area contributed by atoms with Gasteiger partial charge in [0.05, 0.1) is 6.26 Å². The molecule has 2 rings (SSSR count). The Bertz CT molecular complexity index is 667. The van der Waals surface area contributed by atoms with Gasteiger partial charge in [-0.25, -0.2) is 8.42 Å². The SMILES string of the molecule is CC[C@H](C)c1ccccc1OCC(=O)N1CCN(S(C)(=O)=O)CC1. The van der Waals surface area contributed by atoms with Crippen molar-refractivity contribution in [3.63, 3.8) is 0 Å². The van der Waals surface area contributed by atoms with Crippen LogP contribution in [-0.4, -0.2) is 62.6 Å². The van der Waals surface area contributed by atoms with E-state index in [2.05, 4.69) is 13.8 Å². The Kier molecular flexibility index (Phi) is 6.23. The predicted octanol–water partition coefficient (Wildman–Crippen LogP) is 1.68. The van der Waals surface area contributed by atoms with Crippen molar-refractivity contribution in [1.82, 2.24) is 9.21 Å². The zero-order chi connectivity index (χ0) is 17.7. The van der Waals surface area contributed by atoms with Gasteiger partial charge >= 0.3 is 0 Å². The quantitative estimate of drug-likeness (QED) is 0.780. The molecule has 1 aromatic carbocycles. The summed E-state index contributed by atoms with van der Waals surface area (Å²) in [7, 11) is -3.18. The molecule has 0 N–H and O–H groups in total. The molecule has 1 amide bonds. The zero-order valence-electron chi connectivity index (χ0n) is 14.6. The number of benzene rings is 1. The van der Waals surface area contributed by atoms with E-state index in [1.54, 1.807) is 4.90 Å². The van der Waals surface area contributed by atoms with E-state index in [4.69, 9.17) is 4.74 Å². The maximum absolute atomic E-state index is 12.3. The van der Waals surface area contributed by atoms with Gasteiger partial charge < -0.3 is 9.64 Å². The standard InChI is InChI=1S/C17H26N2O4S/c1-4-14(2)15-7-5-6-8-16(15)23-13-17(20)18-9-11-19(12-10-18)24(3,21)22/h5-8,14H,4,9-13H2,1-3H3/t14-/m0/s1. The smallest absolute Gasteiger partial charge is 0.260 e. The van der Waals surface area contributed by atoms with Crippen molar-refractivity contribution < 1.29 is 17.9 Å². The fraction of sp³-hybridized carbons (Fsp3) is 0.588. The number of para-hydroxylation sites is 1. The summed E-state index contributed by atoms with van der Waals surface area (Å²) in [5, 5.41) is 0. The zero-order valence-corrected chi connectivity index (χ0v) is 15.4. The summed E-state index contributed by atoms with van der Waals surface area (Å²) in [4.78, 5) is 14.0. The van der Waals surface area contributed by atoms with Crippen LogP contribution < -0.4 is 4.74 Å². The molecule has 24 heavy (non-hydrogen) atoms. The molecule has 0 bridgehead atoms. The molecular formula is C17H26N2O4S. The average Bonchev–Trinajstić information content (AvgIpc) is 2.58. The number of sulfonamides is 1. The number of carbonyl (C=O) groups is 1. The lowest BCUT2D eigenvalue weighted by atomic mass is 9.98. The van der Waals surface area contributed by atoms with Crippen LogP contribution >= 0.6 is 0 Å². The van der Waals surface area contributed by atoms with E-state index in [-0.39, 0.29) is 12.5 Å². The van der Waals surface area contributed by atoms with Crippen molar-refractivity contribution in [3.8, 4) is 5.75 Å². The summed E-state index contributed by atoms with van der Waals surface area (Å²) in [5.41, 5.74) is 1.11.